The number of rotatable bonds is 5. The maximum atomic E-state index is 12.5. The Morgan fingerprint density at radius 1 is 1.30 bits per heavy atom. The van der Waals surface area contributed by atoms with E-state index in [1.165, 1.54) is 5.56 Å². The van der Waals surface area contributed by atoms with E-state index in [-0.39, 0.29) is 5.91 Å². The molecule has 4 nitrogen and oxygen atoms in total. The van der Waals surface area contributed by atoms with Gasteiger partial charge in [0.15, 0.2) is 5.60 Å². The summed E-state index contributed by atoms with van der Waals surface area (Å²) in [6.45, 7) is 1.83. The fraction of sp³-hybridized carbons (Fsp3) is 0.562. The highest BCUT2D eigenvalue weighted by Crippen LogP contribution is 2.23. The zero-order chi connectivity index (χ0) is 14.6. The molecule has 1 aromatic rings. The molecule has 1 fully saturated rings. The van der Waals surface area contributed by atoms with Gasteiger partial charge in [0.25, 0.3) is 5.91 Å². The molecule has 20 heavy (non-hydrogen) atoms. The molecular formula is C16H24N2O2. The van der Waals surface area contributed by atoms with E-state index in [9.17, 15) is 9.90 Å². The van der Waals surface area contributed by atoms with Crippen LogP contribution < -0.4 is 0 Å². The van der Waals surface area contributed by atoms with E-state index in [0.717, 1.165) is 19.4 Å². The lowest BCUT2D eigenvalue weighted by molar-refractivity contribution is -0.158. The van der Waals surface area contributed by atoms with Gasteiger partial charge in [-0.1, -0.05) is 30.3 Å². The molecule has 0 aromatic heterocycles. The van der Waals surface area contributed by atoms with Crippen LogP contribution in [0.25, 0.3) is 0 Å². The number of nitrogens with zero attached hydrogens (tertiary/aromatic N) is 2. The van der Waals surface area contributed by atoms with E-state index in [0.29, 0.717) is 19.5 Å². The molecule has 1 saturated heterocycles. The molecule has 110 valence electrons. The first-order valence-corrected chi connectivity index (χ1v) is 7.22. The third-order valence-corrected chi connectivity index (χ3v) is 3.79. The molecule has 0 aliphatic carbocycles. The van der Waals surface area contributed by atoms with Crippen molar-refractivity contribution in [3.8, 4) is 0 Å². The zero-order valence-corrected chi connectivity index (χ0v) is 12.4. The number of hydrogen-bond donors (Lipinski definition) is 1. The number of carbonyl (C=O) groups excluding carboxylic acids is 1. The monoisotopic (exact) mass is 276 g/mol. The molecule has 1 aromatic carbocycles. The number of likely N-dealkylation sites (tertiary alicyclic amines) is 1. The number of aliphatic hydroxyl groups is 1. The first-order chi connectivity index (χ1) is 9.51. The number of likely N-dealkylation sites (N-methyl/N-ethyl adjacent to an activating group) is 1. The molecule has 1 amide bonds. The van der Waals surface area contributed by atoms with Gasteiger partial charge in [-0.25, -0.2) is 0 Å². The Bertz CT molecular complexity index is 447. The van der Waals surface area contributed by atoms with Crippen LogP contribution in [0.5, 0.6) is 0 Å². The van der Waals surface area contributed by atoms with Crippen molar-refractivity contribution in [3.05, 3.63) is 35.9 Å². The average Bonchev–Trinajstić information content (AvgIpc) is 2.41. The molecule has 0 radical (unpaired) electrons. The summed E-state index contributed by atoms with van der Waals surface area (Å²) in [4.78, 5) is 16.1. The van der Waals surface area contributed by atoms with Crippen molar-refractivity contribution in [1.29, 1.82) is 0 Å². The third-order valence-electron chi connectivity index (χ3n) is 3.79. The number of amides is 1. The summed E-state index contributed by atoms with van der Waals surface area (Å²) in [5.74, 6) is -0.117. The van der Waals surface area contributed by atoms with Crippen LogP contribution in [0.2, 0.25) is 0 Å². The second-order valence-electron chi connectivity index (χ2n) is 5.90. The first-order valence-electron chi connectivity index (χ1n) is 7.22. The summed E-state index contributed by atoms with van der Waals surface area (Å²) in [6.07, 6.45) is 2.27. The van der Waals surface area contributed by atoms with Crippen molar-refractivity contribution in [2.45, 2.75) is 24.9 Å². The van der Waals surface area contributed by atoms with Gasteiger partial charge < -0.3 is 14.9 Å². The van der Waals surface area contributed by atoms with E-state index < -0.39 is 5.60 Å². The number of carbonyl (C=O) groups is 1. The normalized spacial score (nSPS) is 23.4. The number of hydrogen-bond acceptors (Lipinski definition) is 3. The van der Waals surface area contributed by atoms with Crippen LogP contribution in [-0.4, -0.2) is 60.1 Å². The fourth-order valence-corrected chi connectivity index (χ4v) is 2.86. The molecular weight excluding hydrogens is 252 g/mol. The molecule has 1 aliphatic heterocycles. The Morgan fingerprint density at radius 3 is 2.65 bits per heavy atom. The van der Waals surface area contributed by atoms with Gasteiger partial charge in [0.1, 0.15) is 0 Å². The molecule has 1 atom stereocenters. The Labute approximate surface area is 121 Å². The largest absolute Gasteiger partial charge is 0.379 e. The summed E-state index contributed by atoms with van der Waals surface area (Å²) in [5, 5.41) is 10.5. The Hall–Kier alpha value is -1.39. The highest BCUT2D eigenvalue weighted by molar-refractivity contribution is 5.86. The van der Waals surface area contributed by atoms with Crippen LogP contribution in [0.1, 0.15) is 18.4 Å². The Balaban J connectivity index is 1.96. The van der Waals surface area contributed by atoms with Gasteiger partial charge >= 0.3 is 0 Å². The maximum Gasteiger partial charge on any atom is 0.255 e. The lowest BCUT2D eigenvalue weighted by Crippen LogP contribution is -2.58. The van der Waals surface area contributed by atoms with Crippen LogP contribution >= 0.6 is 0 Å². The molecule has 0 saturated carbocycles. The maximum absolute atomic E-state index is 12.5. The molecule has 1 aliphatic rings. The van der Waals surface area contributed by atoms with E-state index >= 15 is 0 Å². The number of benzene rings is 1. The molecule has 4 heteroatoms. The summed E-state index contributed by atoms with van der Waals surface area (Å²) < 4.78 is 0. The van der Waals surface area contributed by atoms with Crippen LogP contribution in [-0.2, 0) is 11.2 Å². The highest BCUT2D eigenvalue weighted by atomic mass is 16.3. The second kappa shape index (κ2) is 6.37. The summed E-state index contributed by atoms with van der Waals surface area (Å²) >= 11 is 0. The molecule has 1 heterocycles. The summed E-state index contributed by atoms with van der Waals surface area (Å²) in [7, 11) is 3.77. The van der Waals surface area contributed by atoms with Crippen molar-refractivity contribution in [3.63, 3.8) is 0 Å². The van der Waals surface area contributed by atoms with E-state index in [1.807, 2.05) is 37.2 Å². The highest BCUT2D eigenvalue weighted by Gasteiger charge is 2.42. The molecule has 0 unspecified atom stereocenters. The van der Waals surface area contributed by atoms with Crippen LogP contribution in [0, 0.1) is 0 Å². The van der Waals surface area contributed by atoms with Gasteiger partial charge in [0.05, 0.1) is 0 Å². The Morgan fingerprint density at radius 2 is 2.00 bits per heavy atom. The van der Waals surface area contributed by atoms with E-state index in [1.54, 1.807) is 4.90 Å². The molecule has 0 spiro atoms. The molecule has 1 N–H and O–H groups in total. The SMILES string of the molecule is CN(C)C[C@@]1(O)CCCN(CCc2ccccc2)C1=O. The van der Waals surface area contributed by atoms with Crippen molar-refractivity contribution in [1.82, 2.24) is 9.80 Å². The van der Waals surface area contributed by atoms with E-state index in [2.05, 4.69) is 12.1 Å². The quantitative estimate of drug-likeness (QED) is 0.877. The van der Waals surface area contributed by atoms with Crippen molar-refractivity contribution >= 4 is 5.91 Å². The number of piperidine rings is 1. The lowest BCUT2D eigenvalue weighted by atomic mass is 9.91. The first kappa shape index (κ1) is 15.0. The van der Waals surface area contributed by atoms with Gasteiger partial charge in [-0.05, 0) is 38.9 Å². The van der Waals surface area contributed by atoms with Crippen molar-refractivity contribution in [2.24, 2.45) is 0 Å². The lowest BCUT2D eigenvalue weighted by Gasteiger charge is -2.39. The van der Waals surface area contributed by atoms with Gasteiger partial charge in [-0.2, -0.15) is 0 Å². The Kier molecular flexibility index (Phi) is 4.78. The second-order valence-corrected chi connectivity index (χ2v) is 5.90. The standard InChI is InChI=1S/C16H24N2O2/c1-17(2)13-16(20)10-6-11-18(15(16)19)12-9-14-7-4-3-5-8-14/h3-5,7-8,20H,6,9-13H2,1-2H3/t16-/m0/s1. The topological polar surface area (TPSA) is 43.8 Å². The minimum atomic E-state index is -1.21. The molecule has 2 rings (SSSR count). The average molecular weight is 276 g/mol. The van der Waals surface area contributed by atoms with Crippen LogP contribution in [0.15, 0.2) is 30.3 Å². The predicted molar refractivity (Wildman–Crippen MR) is 79.5 cm³/mol. The molecule has 0 bridgehead atoms. The van der Waals surface area contributed by atoms with Crippen molar-refractivity contribution < 1.29 is 9.90 Å². The fourth-order valence-electron chi connectivity index (χ4n) is 2.86. The van der Waals surface area contributed by atoms with E-state index in [4.69, 9.17) is 0 Å². The van der Waals surface area contributed by atoms with Gasteiger partial charge in [-0.3, -0.25) is 4.79 Å². The summed E-state index contributed by atoms with van der Waals surface area (Å²) in [6, 6.07) is 10.2. The van der Waals surface area contributed by atoms with Gasteiger partial charge in [0.2, 0.25) is 0 Å². The zero-order valence-electron chi connectivity index (χ0n) is 12.4. The summed E-state index contributed by atoms with van der Waals surface area (Å²) in [5.41, 5.74) is 0.0142. The van der Waals surface area contributed by atoms with Crippen LogP contribution in [0.3, 0.4) is 0 Å². The smallest absolute Gasteiger partial charge is 0.255 e. The van der Waals surface area contributed by atoms with Crippen molar-refractivity contribution in [2.75, 3.05) is 33.7 Å². The minimum Gasteiger partial charge on any atom is -0.379 e. The third kappa shape index (κ3) is 3.58. The van der Waals surface area contributed by atoms with Crippen LogP contribution in [0.4, 0.5) is 0 Å². The van der Waals surface area contributed by atoms with Gasteiger partial charge in [0, 0.05) is 19.6 Å². The van der Waals surface area contributed by atoms with Gasteiger partial charge in [-0.15, -0.1) is 0 Å². The predicted octanol–water partition coefficient (Wildman–Crippen LogP) is 1.14. The minimum absolute atomic E-state index is 0.117.